The lowest BCUT2D eigenvalue weighted by Crippen LogP contribution is -2.47. The lowest BCUT2D eigenvalue weighted by molar-refractivity contribution is -0.137. The molecular weight excluding hydrogens is 435 g/mol. The first kappa shape index (κ1) is 20.7. The number of anilines is 2. The first-order valence-electron chi connectivity index (χ1n) is 10.3. The van der Waals surface area contributed by atoms with Crippen LogP contribution in [0.2, 0.25) is 0 Å². The molecule has 0 saturated carbocycles. The van der Waals surface area contributed by atoms with Gasteiger partial charge < -0.3 is 9.80 Å². The first-order valence-corrected chi connectivity index (χ1v) is 11.1. The van der Waals surface area contributed by atoms with E-state index in [-0.39, 0.29) is 0 Å². The molecule has 9 heteroatoms. The third kappa shape index (κ3) is 4.00. The number of halogens is 3. The van der Waals surface area contributed by atoms with Gasteiger partial charge in [0, 0.05) is 37.4 Å². The molecule has 1 aliphatic rings. The van der Waals surface area contributed by atoms with Crippen molar-refractivity contribution in [1.82, 2.24) is 15.0 Å². The Labute approximate surface area is 187 Å². The second-order valence-corrected chi connectivity index (χ2v) is 8.83. The summed E-state index contributed by atoms with van der Waals surface area (Å²) in [6.07, 6.45) is -4.35. The molecule has 2 aromatic carbocycles. The van der Waals surface area contributed by atoms with E-state index in [9.17, 15) is 13.2 Å². The van der Waals surface area contributed by atoms with Crippen molar-refractivity contribution in [2.24, 2.45) is 0 Å². The molecule has 0 atom stereocenters. The minimum atomic E-state index is -4.35. The fourth-order valence-electron chi connectivity index (χ4n) is 3.90. The zero-order valence-corrected chi connectivity index (χ0v) is 18.1. The number of hydrogen-bond donors (Lipinski definition) is 0. The molecule has 5 rings (SSSR count). The first-order chi connectivity index (χ1) is 15.4. The second-order valence-electron chi connectivity index (χ2n) is 7.65. The minimum absolute atomic E-state index is 0.582. The molecule has 4 aromatic rings. The van der Waals surface area contributed by atoms with Crippen molar-refractivity contribution in [2.75, 3.05) is 36.0 Å². The van der Waals surface area contributed by atoms with Gasteiger partial charge in [-0.1, -0.05) is 47.7 Å². The molecule has 164 valence electrons. The Kier molecular flexibility index (Phi) is 5.21. The van der Waals surface area contributed by atoms with Crippen molar-refractivity contribution < 1.29 is 13.2 Å². The quantitative estimate of drug-likeness (QED) is 0.414. The average Bonchev–Trinajstić information content (AvgIpc) is 3.19. The summed E-state index contributed by atoms with van der Waals surface area (Å²) >= 11 is 1.53. The van der Waals surface area contributed by atoms with E-state index >= 15 is 0 Å². The van der Waals surface area contributed by atoms with Gasteiger partial charge in [-0.25, -0.2) is 9.97 Å². The molecule has 2 aromatic heterocycles. The number of alkyl halides is 3. The summed E-state index contributed by atoms with van der Waals surface area (Å²) in [5.74, 6) is 0.628. The zero-order valence-electron chi connectivity index (χ0n) is 17.3. The van der Waals surface area contributed by atoms with Gasteiger partial charge in [0.1, 0.15) is 16.0 Å². The van der Waals surface area contributed by atoms with E-state index in [2.05, 4.69) is 9.88 Å². The normalized spacial score (nSPS) is 14.9. The Morgan fingerprint density at radius 1 is 0.844 bits per heavy atom. The monoisotopic (exact) mass is 455 g/mol. The Bertz CT molecular complexity index is 1250. The van der Waals surface area contributed by atoms with Crippen molar-refractivity contribution >= 4 is 33.3 Å². The highest BCUT2D eigenvalue weighted by atomic mass is 32.1. The third-order valence-electron chi connectivity index (χ3n) is 5.50. The summed E-state index contributed by atoms with van der Waals surface area (Å²) in [7, 11) is 0. The number of nitrogens with zero attached hydrogens (tertiary/aromatic N) is 5. The van der Waals surface area contributed by atoms with Gasteiger partial charge in [0.15, 0.2) is 0 Å². The highest BCUT2D eigenvalue weighted by molar-refractivity contribution is 7.18. The van der Waals surface area contributed by atoms with Crippen molar-refractivity contribution in [3.63, 3.8) is 0 Å². The van der Waals surface area contributed by atoms with E-state index in [1.807, 2.05) is 42.2 Å². The molecule has 0 radical (unpaired) electrons. The molecule has 32 heavy (non-hydrogen) atoms. The van der Waals surface area contributed by atoms with Crippen LogP contribution in [0.25, 0.3) is 21.6 Å². The summed E-state index contributed by atoms with van der Waals surface area (Å²) in [6.45, 7) is 4.37. The Morgan fingerprint density at radius 3 is 2.28 bits per heavy atom. The molecule has 1 fully saturated rings. The summed E-state index contributed by atoms with van der Waals surface area (Å²) < 4.78 is 39.2. The van der Waals surface area contributed by atoms with Crippen LogP contribution in [0.5, 0.6) is 0 Å². The van der Waals surface area contributed by atoms with E-state index in [4.69, 9.17) is 9.97 Å². The van der Waals surface area contributed by atoms with Crippen molar-refractivity contribution in [2.45, 2.75) is 13.1 Å². The molecule has 0 spiro atoms. The third-order valence-corrected chi connectivity index (χ3v) is 6.37. The highest BCUT2D eigenvalue weighted by Gasteiger charge is 2.31. The van der Waals surface area contributed by atoms with Gasteiger partial charge in [-0.05, 0) is 25.1 Å². The summed E-state index contributed by atoms with van der Waals surface area (Å²) in [5, 5.41) is 0.929. The number of fused-ring (bicyclic) bond motifs is 1. The Morgan fingerprint density at radius 2 is 1.56 bits per heavy atom. The number of rotatable bonds is 3. The minimum Gasteiger partial charge on any atom is -0.368 e. The van der Waals surface area contributed by atoms with Crippen LogP contribution in [-0.2, 0) is 6.18 Å². The van der Waals surface area contributed by atoms with Crippen molar-refractivity contribution in [3.8, 4) is 11.3 Å². The predicted octanol–water partition coefficient (Wildman–Crippen LogP) is 5.41. The molecule has 0 bridgehead atoms. The van der Waals surface area contributed by atoms with Crippen LogP contribution < -0.4 is 9.80 Å². The van der Waals surface area contributed by atoms with E-state index in [1.165, 1.54) is 23.5 Å². The second kappa shape index (κ2) is 8.05. The van der Waals surface area contributed by atoms with Gasteiger partial charge in [0.25, 0.3) is 0 Å². The molecule has 1 saturated heterocycles. The standard InChI is InChI=1S/C23H20F3N5S/c1-15-27-20-19(16-6-3-2-4-7-16)28-22(29-21(20)32-15)31-12-10-30(11-13-31)18-9-5-8-17(14-18)23(24,25)26/h2-9,14H,10-13H2,1H3. The highest BCUT2D eigenvalue weighted by Crippen LogP contribution is 2.33. The molecular formula is C23H20F3N5S. The number of hydrogen-bond acceptors (Lipinski definition) is 6. The lowest BCUT2D eigenvalue weighted by Gasteiger charge is -2.36. The maximum absolute atomic E-state index is 13.1. The molecule has 3 heterocycles. The van der Waals surface area contributed by atoms with E-state index < -0.39 is 11.7 Å². The summed E-state index contributed by atoms with van der Waals surface area (Å²) in [5.41, 5.74) is 2.53. The fourth-order valence-corrected chi connectivity index (χ4v) is 4.68. The van der Waals surface area contributed by atoms with E-state index in [0.717, 1.165) is 32.7 Å². The average molecular weight is 456 g/mol. The molecule has 0 amide bonds. The van der Waals surface area contributed by atoms with Crippen molar-refractivity contribution in [1.29, 1.82) is 0 Å². The van der Waals surface area contributed by atoms with Gasteiger partial charge in [-0.3, -0.25) is 0 Å². The smallest absolute Gasteiger partial charge is 0.368 e. The molecule has 0 aliphatic carbocycles. The molecule has 5 nitrogen and oxygen atoms in total. The maximum Gasteiger partial charge on any atom is 0.416 e. The number of benzene rings is 2. The zero-order chi connectivity index (χ0) is 22.3. The van der Waals surface area contributed by atoms with Crippen LogP contribution in [0.15, 0.2) is 54.6 Å². The maximum atomic E-state index is 13.1. The van der Waals surface area contributed by atoms with E-state index in [0.29, 0.717) is 37.8 Å². The lowest BCUT2D eigenvalue weighted by atomic mass is 10.1. The number of aryl methyl sites for hydroxylation is 1. The Balaban J connectivity index is 1.41. The molecule has 0 N–H and O–H groups in total. The summed E-state index contributed by atoms with van der Waals surface area (Å²) in [6, 6.07) is 15.4. The van der Waals surface area contributed by atoms with Gasteiger partial charge in [-0.2, -0.15) is 18.2 Å². The van der Waals surface area contributed by atoms with Crippen molar-refractivity contribution in [3.05, 3.63) is 65.2 Å². The summed E-state index contributed by atoms with van der Waals surface area (Å²) in [4.78, 5) is 19.1. The number of thiazole rings is 1. The predicted molar refractivity (Wildman–Crippen MR) is 121 cm³/mol. The van der Waals surface area contributed by atoms with Gasteiger partial charge in [0.05, 0.1) is 10.6 Å². The Hall–Kier alpha value is -3.20. The molecule has 0 unspecified atom stereocenters. The SMILES string of the molecule is Cc1nc2c(-c3ccccc3)nc(N3CCN(c4cccc(C(F)(F)F)c4)CC3)nc2s1. The molecule has 1 aliphatic heterocycles. The van der Waals surface area contributed by atoms with Gasteiger partial charge in [-0.15, -0.1) is 0 Å². The van der Waals surface area contributed by atoms with Gasteiger partial charge >= 0.3 is 6.18 Å². The van der Waals surface area contributed by atoms with E-state index in [1.54, 1.807) is 6.07 Å². The van der Waals surface area contributed by atoms with Gasteiger partial charge in [0.2, 0.25) is 5.95 Å². The van der Waals surface area contributed by atoms with Crippen LogP contribution in [0.1, 0.15) is 10.6 Å². The number of piperazine rings is 1. The largest absolute Gasteiger partial charge is 0.416 e. The van der Waals surface area contributed by atoms with Crippen LogP contribution in [0.4, 0.5) is 24.8 Å². The van der Waals surface area contributed by atoms with Crippen LogP contribution in [-0.4, -0.2) is 41.1 Å². The van der Waals surface area contributed by atoms with Crippen LogP contribution in [0.3, 0.4) is 0 Å². The topological polar surface area (TPSA) is 45.2 Å². The number of aromatic nitrogens is 3. The fraction of sp³-hybridized carbons (Fsp3) is 0.261. The van der Waals surface area contributed by atoms with Crippen LogP contribution >= 0.6 is 11.3 Å². The van der Waals surface area contributed by atoms with Crippen LogP contribution in [0, 0.1) is 6.92 Å².